The summed E-state index contributed by atoms with van der Waals surface area (Å²) in [5, 5.41) is 8.19. The lowest BCUT2D eigenvalue weighted by Crippen LogP contribution is -1.92. The third-order valence-electron chi connectivity index (χ3n) is 2.63. The zero-order valence-corrected chi connectivity index (χ0v) is 9.74. The van der Waals surface area contributed by atoms with E-state index in [1.807, 2.05) is 0 Å². The molecule has 4 nitrogen and oxygen atoms in total. The summed E-state index contributed by atoms with van der Waals surface area (Å²) < 4.78 is 0. The highest BCUT2D eigenvalue weighted by Gasteiger charge is 2.04. The fraction of sp³-hybridized carbons (Fsp3) is 0.143. The SMILES string of the molecule is O=CC1=CC=C(N=Nc2ccc(C=O)cc2)CC1. The van der Waals surface area contributed by atoms with Gasteiger partial charge in [-0.15, -0.1) is 0 Å². The Morgan fingerprint density at radius 1 is 0.889 bits per heavy atom. The van der Waals surface area contributed by atoms with Crippen LogP contribution in [-0.4, -0.2) is 12.6 Å². The van der Waals surface area contributed by atoms with Crippen molar-refractivity contribution in [3.05, 3.63) is 53.3 Å². The minimum absolute atomic E-state index is 0.615. The molecule has 90 valence electrons. The van der Waals surface area contributed by atoms with Crippen LogP contribution in [0.5, 0.6) is 0 Å². The second-order valence-electron chi connectivity index (χ2n) is 3.93. The van der Waals surface area contributed by atoms with Crippen molar-refractivity contribution in [2.45, 2.75) is 12.8 Å². The summed E-state index contributed by atoms with van der Waals surface area (Å²) in [7, 11) is 0. The van der Waals surface area contributed by atoms with Gasteiger partial charge in [-0.2, -0.15) is 10.2 Å². The van der Waals surface area contributed by atoms with Crippen molar-refractivity contribution in [3.63, 3.8) is 0 Å². The number of carbonyl (C=O) groups is 2. The van der Waals surface area contributed by atoms with Crippen LogP contribution < -0.4 is 0 Å². The van der Waals surface area contributed by atoms with Gasteiger partial charge in [0.2, 0.25) is 0 Å². The van der Waals surface area contributed by atoms with E-state index in [2.05, 4.69) is 10.2 Å². The van der Waals surface area contributed by atoms with E-state index in [4.69, 9.17) is 0 Å². The molecule has 0 fully saturated rings. The summed E-state index contributed by atoms with van der Waals surface area (Å²) >= 11 is 0. The van der Waals surface area contributed by atoms with Gasteiger partial charge in [-0.1, -0.05) is 6.08 Å². The molecule has 0 bridgehead atoms. The van der Waals surface area contributed by atoms with Crippen molar-refractivity contribution in [1.29, 1.82) is 0 Å². The maximum absolute atomic E-state index is 10.5. The third kappa shape index (κ3) is 3.07. The Balaban J connectivity index is 2.07. The highest BCUT2D eigenvalue weighted by molar-refractivity contribution is 5.75. The number of azo groups is 1. The van der Waals surface area contributed by atoms with Gasteiger partial charge in [-0.05, 0) is 48.8 Å². The molecule has 1 aromatic carbocycles. The minimum atomic E-state index is 0.615. The molecular formula is C14H12N2O2. The molecule has 2 rings (SSSR count). The highest BCUT2D eigenvalue weighted by Crippen LogP contribution is 2.20. The van der Waals surface area contributed by atoms with Crippen LogP contribution in [0.1, 0.15) is 23.2 Å². The Morgan fingerprint density at radius 2 is 1.67 bits per heavy atom. The first kappa shape index (κ1) is 12.1. The summed E-state index contributed by atoms with van der Waals surface area (Å²) in [6, 6.07) is 6.87. The molecule has 1 aromatic rings. The number of carbonyl (C=O) groups excluding carboxylic acids is 2. The molecule has 18 heavy (non-hydrogen) atoms. The van der Waals surface area contributed by atoms with Crippen LogP contribution in [0, 0.1) is 0 Å². The van der Waals surface area contributed by atoms with Gasteiger partial charge >= 0.3 is 0 Å². The molecule has 4 heteroatoms. The molecule has 0 spiro atoms. The molecule has 0 N–H and O–H groups in total. The maximum atomic E-state index is 10.5. The standard InChI is InChI=1S/C14H12N2O2/c17-9-11-1-5-13(6-2-11)15-16-14-7-3-12(10-18)4-8-14/h1-3,5-7,9-10H,4,8H2. The lowest BCUT2D eigenvalue weighted by Gasteiger charge is -2.05. The normalized spacial score (nSPS) is 15.1. The first-order valence-electron chi connectivity index (χ1n) is 5.64. The van der Waals surface area contributed by atoms with E-state index in [-0.39, 0.29) is 0 Å². The van der Waals surface area contributed by atoms with Gasteiger partial charge in [0.1, 0.15) is 12.6 Å². The summed E-state index contributed by atoms with van der Waals surface area (Å²) in [6.45, 7) is 0. The van der Waals surface area contributed by atoms with Gasteiger partial charge in [0, 0.05) is 5.56 Å². The fourth-order valence-electron chi connectivity index (χ4n) is 1.57. The zero-order chi connectivity index (χ0) is 12.8. The molecule has 1 aliphatic carbocycles. The lowest BCUT2D eigenvalue weighted by atomic mass is 10.0. The number of hydrogen-bond acceptors (Lipinski definition) is 4. The van der Waals surface area contributed by atoms with Gasteiger partial charge in [-0.25, -0.2) is 0 Å². The average Bonchev–Trinajstić information content (AvgIpc) is 2.46. The number of benzene rings is 1. The minimum Gasteiger partial charge on any atom is -0.298 e. The van der Waals surface area contributed by atoms with Crippen LogP contribution in [0.3, 0.4) is 0 Å². The summed E-state index contributed by atoms with van der Waals surface area (Å²) in [5.41, 5.74) is 2.94. The molecule has 0 heterocycles. The first-order valence-corrected chi connectivity index (χ1v) is 5.64. The van der Waals surface area contributed by atoms with E-state index in [0.29, 0.717) is 17.7 Å². The van der Waals surface area contributed by atoms with E-state index in [1.54, 1.807) is 36.4 Å². The van der Waals surface area contributed by atoms with Crippen LogP contribution in [0.4, 0.5) is 5.69 Å². The van der Waals surface area contributed by atoms with Crippen LogP contribution in [-0.2, 0) is 4.79 Å². The van der Waals surface area contributed by atoms with Gasteiger partial charge < -0.3 is 0 Å². The smallest absolute Gasteiger partial charge is 0.150 e. The molecule has 0 aliphatic heterocycles. The Labute approximate surface area is 105 Å². The largest absolute Gasteiger partial charge is 0.298 e. The third-order valence-corrected chi connectivity index (χ3v) is 2.63. The van der Waals surface area contributed by atoms with Gasteiger partial charge in [0.25, 0.3) is 0 Å². The predicted octanol–water partition coefficient (Wildman–Crippen LogP) is 3.39. The number of nitrogens with zero attached hydrogens (tertiary/aromatic N) is 2. The quantitative estimate of drug-likeness (QED) is 0.598. The average molecular weight is 240 g/mol. The van der Waals surface area contributed by atoms with Crippen LogP contribution in [0.15, 0.2) is 57.9 Å². The number of hydrogen-bond donors (Lipinski definition) is 0. The van der Waals surface area contributed by atoms with Crippen molar-refractivity contribution < 1.29 is 9.59 Å². The number of aldehydes is 2. The highest BCUT2D eigenvalue weighted by atomic mass is 16.1. The molecule has 0 unspecified atom stereocenters. The van der Waals surface area contributed by atoms with Crippen LogP contribution >= 0.6 is 0 Å². The zero-order valence-electron chi connectivity index (χ0n) is 9.74. The molecular weight excluding hydrogens is 228 g/mol. The van der Waals surface area contributed by atoms with E-state index >= 15 is 0 Å². The van der Waals surface area contributed by atoms with Gasteiger partial charge in [-0.3, -0.25) is 9.59 Å². The number of allylic oxidation sites excluding steroid dienone is 4. The van der Waals surface area contributed by atoms with Crippen LogP contribution in [0.2, 0.25) is 0 Å². The summed E-state index contributed by atoms with van der Waals surface area (Å²) in [5.74, 6) is 0. The van der Waals surface area contributed by atoms with E-state index < -0.39 is 0 Å². The Hall–Kier alpha value is -2.36. The van der Waals surface area contributed by atoms with Crippen LogP contribution in [0.25, 0.3) is 0 Å². The Kier molecular flexibility index (Phi) is 3.91. The number of rotatable bonds is 4. The molecule has 0 radical (unpaired) electrons. The molecule has 1 aliphatic rings. The summed E-state index contributed by atoms with van der Waals surface area (Å²) in [4.78, 5) is 21.0. The van der Waals surface area contributed by atoms with Gasteiger partial charge in [0.15, 0.2) is 0 Å². The van der Waals surface area contributed by atoms with Crippen molar-refractivity contribution in [3.8, 4) is 0 Å². The monoisotopic (exact) mass is 240 g/mol. The van der Waals surface area contributed by atoms with Crippen molar-refractivity contribution in [2.75, 3.05) is 0 Å². The predicted molar refractivity (Wildman–Crippen MR) is 67.8 cm³/mol. The first-order chi connectivity index (χ1) is 8.81. The molecule has 0 aromatic heterocycles. The van der Waals surface area contributed by atoms with E-state index in [0.717, 1.165) is 30.3 Å². The Bertz CT molecular complexity index is 539. The molecule has 0 saturated heterocycles. The topological polar surface area (TPSA) is 58.9 Å². The van der Waals surface area contributed by atoms with E-state index in [9.17, 15) is 9.59 Å². The van der Waals surface area contributed by atoms with Gasteiger partial charge in [0.05, 0.1) is 11.4 Å². The van der Waals surface area contributed by atoms with Crippen molar-refractivity contribution >= 4 is 18.3 Å². The second-order valence-corrected chi connectivity index (χ2v) is 3.93. The lowest BCUT2D eigenvalue weighted by molar-refractivity contribution is -0.105. The fourth-order valence-corrected chi connectivity index (χ4v) is 1.57. The molecule has 0 saturated carbocycles. The Morgan fingerprint density at radius 3 is 2.22 bits per heavy atom. The molecule has 0 amide bonds. The second kappa shape index (κ2) is 5.82. The van der Waals surface area contributed by atoms with Crippen molar-refractivity contribution in [1.82, 2.24) is 0 Å². The molecule has 0 atom stereocenters. The van der Waals surface area contributed by atoms with E-state index in [1.165, 1.54) is 0 Å². The van der Waals surface area contributed by atoms with Crippen molar-refractivity contribution in [2.24, 2.45) is 10.2 Å². The maximum Gasteiger partial charge on any atom is 0.150 e. The summed E-state index contributed by atoms with van der Waals surface area (Å²) in [6.07, 6.45) is 6.65.